The number of carbonyl (C=O) groups excluding carboxylic acids is 1. The molecule has 1 saturated heterocycles. The molecule has 1 N–H and O–H groups in total. The van der Waals surface area contributed by atoms with Crippen LogP contribution in [0.5, 0.6) is 0 Å². The second-order valence-corrected chi connectivity index (χ2v) is 6.24. The van der Waals surface area contributed by atoms with E-state index in [4.69, 9.17) is 21.8 Å². The maximum atomic E-state index is 12.3. The molecule has 2 heterocycles. The van der Waals surface area contributed by atoms with E-state index >= 15 is 0 Å². The Hall–Kier alpha value is -1.67. The Balaban J connectivity index is 2.12. The van der Waals surface area contributed by atoms with Gasteiger partial charge in [-0.25, -0.2) is 0 Å². The molecular formula is C13H14N2O4S2. The minimum absolute atomic E-state index is 0.0139. The molecular weight excluding hydrogens is 312 g/mol. The van der Waals surface area contributed by atoms with Crippen molar-refractivity contribution in [1.82, 2.24) is 10.1 Å². The number of aromatic nitrogens is 1. The lowest BCUT2D eigenvalue weighted by Crippen LogP contribution is -2.29. The maximum absolute atomic E-state index is 12.3. The monoisotopic (exact) mass is 326 g/mol. The molecule has 2 rings (SSSR count). The van der Waals surface area contributed by atoms with E-state index < -0.39 is 5.97 Å². The first-order valence-corrected chi connectivity index (χ1v) is 7.52. The number of hydrogen-bond acceptors (Lipinski definition) is 6. The molecule has 0 unspecified atom stereocenters. The number of thioether (sulfide) groups is 1. The third kappa shape index (κ3) is 3.51. The lowest BCUT2D eigenvalue weighted by Gasteiger charge is -2.13. The Morgan fingerprint density at radius 3 is 2.81 bits per heavy atom. The lowest BCUT2D eigenvalue weighted by molar-refractivity contribution is -0.137. The van der Waals surface area contributed by atoms with E-state index in [9.17, 15) is 9.59 Å². The van der Waals surface area contributed by atoms with Gasteiger partial charge in [0, 0.05) is 18.5 Å². The largest absolute Gasteiger partial charge is 0.481 e. The second-order valence-electron chi connectivity index (χ2n) is 4.57. The van der Waals surface area contributed by atoms with Gasteiger partial charge < -0.3 is 9.63 Å². The molecule has 0 saturated carbocycles. The predicted molar refractivity (Wildman–Crippen MR) is 82.7 cm³/mol. The quantitative estimate of drug-likeness (QED) is 0.657. The van der Waals surface area contributed by atoms with Gasteiger partial charge in [0.05, 0.1) is 10.6 Å². The third-order valence-electron chi connectivity index (χ3n) is 3.01. The van der Waals surface area contributed by atoms with Crippen molar-refractivity contribution >= 4 is 46.3 Å². The van der Waals surface area contributed by atoms with Gasteiger partial charge in [-0.1, -0.05) is 29.1 Å². The number of carbonyl (C=O) groups is 2. The van der Waals surface area contributed by atoms with Crippen molar-refractivity contribution in [2.75, 3.05) is 6.54 Å². The van der Waals surface area contributed by atoms with Gasteiger partial charge in [0.25, 0.3) is 5.91 Å². The van der Waals surface area contributed by atoms with E-state index in [1.54, 1.807) is 19.9 Å². The minimum atomic E-state index is -0.883. The Bertz CT molecular complexity index is 617. The van der Waals surface area contributed by atoms with Gasteiger partial charge in [-0.05, 0) is 26.3 Å². The third-order valence-corrected chi connectivity index (χ3v) is 4.39. The summed E-state index contributed by atoms with van der Waals surface area (Å²) < 4.78 is 5.51. The smallest absolute Gasteiger partial charge is 0.303 e. The zero-order chi connectivity index (χ0) is 15.6. The topological polar surface area (TPSA) is 83.6 Å². The minimum Gasteiger partial charge on any atom is -0.481 e. The van der Waals surface area contributed by atoms with Crippen molar-refractivity contribution in [3.8, 4) is 0 Å². The highest BCUT2D eigenvalue weighted by atomic mass is 32.2. The number of carboxylic acid groups (broad SMARTS) is 1. The van der Waals surface area contributed by atoms with Crippen LogP contribution < -0.4 is 0 Å². The Kier molecular flexibility index (Phi) is 4.79. The van der Waals surface area contributed by atoms with Crippen molar-refractivity contribution < 1.29 is 19.2 Å². The van der Waals surface area contributed by atoms with Crippen LogP contribution in [0, 0.1) is 13.8 Å². The Morgan fingerprint density at radius 1 is 1.52 bits per heavy atom. The van der Waals surface area contributed by atoms with Gasteiger partial charge in [-0.15, -0.1) is 0 Å². The van der Waals surface area contributed by atoms with Crippen LogP contribution >= 0.6 is 24.0 Å². The summed E-state index contributed by atoms with van der Waals surface area (Å²) in [6.07, 6.45) is 2.11. The highest BCUT2D eigenvalue weighted by Crippen LogP contribution is 2.33. The van der Waals surface area contributed by atoms with Crippen LogP contribution in [0.25, 0.3) is 6.08 Å². The van der Waals surface area contributed by atoms with E-state index in [0.29, 0.717) is 33.6 Å². The zero-order valence-corrected chi connectivity index (χ0v) is 13.2. The summed E-state index contributed by atoms with van der Waals surface area (Å²) in [5, 5.41) is 12.5. The molecule has 0 radical (unpaired) electrons. The van der Waals surface area contributed by atoms with E-state index in [1.165, 1.54) is 16.7 Å². The van der Waals surface area contributed by atoms with Crippen molar-refractivity contribution in [3.05, 3.63) is 21.9 Å². The molecule has 112 valence electrons. The number of carboxylic acids is 1. The molecule has 0 spiro atoms. The molecule has 1 fully saturated rings. The summed E-state index contributed by atoms with van der Waals surface area (Å²) in [5.74, 6) is -0.439. The second kappa shape index (κ2) is 6.40. The molecule has 0 aliphatic carbocycles. The van der Waals surface area contributed by atoms with Crippen LogP contribution in [0.4, 0.5) is 0 Å². The van der Waals surface area contributed by atoms with Crippen molar-refractivity contribution in [1.29, 1.82) is 0 Å². The highest BCUT2D eigenvalue weighted by molar-refractivity contribution is 8.26. The van der Waals surface area contributed by atoms with Crippen LogP contribution in [-0.4, -0.2) is 37.9 Å². The van der Waals surface area contributed by atoms with E-state index in [1.807, 2.05) is 0 Å². The van der Waals surface area contributed by atoms with Crippen LogP contribution in [0.1, 0.15) is 29.9 Å². The lowest BCUT2D eigenvalue weighted by atomic mass is 10.2. The Morgan fingerprint density at radius 2 is 2.24 bits per heavy atom. The summed E-state index contributed by atoms with van der Waals surface area (Å²) in [6.45, 7) is 3.89. The summed E-state index contributed by atoms with van der Waals surface area (Å²) in [6, 6.07) is 0. The van der Waals surface area contributed by atoms with E-state index in [0.717, 1.165) is 5.56 Å². The van der Waals surface area contributed by atoms with Crippen molar-refractivity contribution in [2.24, 2.45) is 0 Å². The fourth-order valence-electron chi connectivity index (χ4n) is 1.91. The first kappa shape index (κ1) is 15.7. The maximum Gasteiger partial charge on any atom is 0.303 e. The van der Waals surface area contributed by atoms with Gasteiger partial charge in [-0.2, -0.15) is 0 Å². The summed E-state index contributed by atoms with van der Waals surface area (Å²) in [4.78, 5) is 24.7. The molecule has 8 heteroatoms. The van der Waals surface area contributed by atoms with Gasteiger partial charge in [0.2, 0.25) is 0 Å². The Labute approximate surface area is 131 Å². The summed E-state index contributed by atoms with van der Waals surface area (Å²) in [5.41, 5.74) is 1.49. The molecule has 0 aromatic carbocycles. The molecule has 0 atom stereocenters. The molecule has 21 heavy (non-hydrogen) atoms. The van der Waals surface area contributed by atoms with E-state index in [-0.39, 0.29) is 12.3 Å². The number of nitrogens with zero attached hydrogens (tertiary/aromatic N) is 2. The average Bonchev–Trinajstić information content (AvgIpc) is 2.86. The van der Waals surface area contributed by atoms with Crippen molar-refractivity contribution in [2.45, 2.75) is 26.7 Å². The molecule has 1 aromatic rings. The molecule has 1 aliphatic rings. The first-order valence-electron chi connectivity index (χ1n) is 6.30. The number of aryl methyl sites for hydroxylation is 2. The fraction of sp³-hybridized carbons (Fsp3) is 0.385. The van der Waals surface area contributed by atoms with Gasteiger partial charge in [0.15, 0.2) is 0 Å². The van der Waals surface area contributed by atoms with Crippen LogP contribution in [-0.2, 0) is 9.59 Å². The van der Waals surface area contributed by atoms with Crippen LogP contribution in [0.2, 0.25) is 0 Å². The van der Waals surface area contributed by atoms with Gasteiger partial charge in [0.1, 0.15) is 10.1 Å². The molecule has 1 amide bonds. The van der Waals surface area contributed by atoms with Gasteiger partial charge in [-0.3, -0.25) is 14.5 Å². The number of amides is 1. The normalized spacial score (nSPS) is 17.0. The first-order chi connectivity index (χ1) is 9.90. The number of hydrogen-bond donors (Lipinski definition) is 1. The average molecular weight is 326 g/mol. The summed E-state index contributed by atoms with van der Waals surface area (Å²) >= 11 is 6.38. The standard InChI is InChI=1S/C13H14N2O4S2/c1-7-9(8(2)19-14-7)6-10-12(18)15(13(20)21-10)5-3-4-11(16)17/h6H,3-5H2,1-2H3,(H,16,17). The van der Waals surface area contributed by atoms with E-state index in [2.05, 4.69) is 5.16 Å². The molecule has 6 nitrogen and oxygen atoms in total. The molecule has 1 aromatic heterocycles. The predicted octanol–water partition coefficient (Wildman–Crippen LogP) is 2.36. The summed E-state index contributed by atoms with van der Waals surface area (Å²) in [7, 11) is 0. The number of aliphatic carboxylic acids is 1. The van der Waals surface area contributed by atoms with Gasteiger partial charge >= 0.3 is 5.97 Å². The number of thiocarbonyl (C=S) groups is 1. The fourth-order valence-corrected chi connectivity index (χ4v) is 3.20. The number of rotatable bonds is 5. The van der Waals surface area contributed by atoms with Crippen LogP contribution in [0.15, 0.2) is 9.43 Å². The zero-order valence-electron chi connectivity index (χ0n) is 11.6. The molecule has 0 bridgehead atoms. The molecule has 1 aliphatic heterocycles. The highest BCUT2D eigenvalue weighted by Gasteiger charge is 2.32. The van der Waals surface area contributed by atoms with Crippen molar-refractivity contribution in [3.63, 3.8) is 0 Å². The van der Waals surface area contributed by atoms with Crippen LogP contribution in [0.3, 0.4) is 0 Å². The SMILES string of the molecule is Cc1noc(C)c1C=C1SC(=S)N(CCCC(=O)O)C1=O.